The number of hydrogen-bond acceptors (Lipinski definition) is 19. The van der Waals surface area contributed by atoms with Crippen LogP contribution in [0.15, 0.2) is 171 Å². The van der Waals surface area contributed by atoms with Crippen LogP contribution in [-0.2, 0) is 4.84 Å². The van der Waals surface area contributed by atoms with Gasteiger partial charge in [-0.15, -0.1) is 45.3 Å². The summed E-state index contributed by atoms with van der Waals surface area (Å²) in [5.41, 5.74) is 19.6. The molecule has 814 valence electrons. The number of pyridine rings is 2. The minimum absolute atomic E-state index is 0.319. The zero-order valence-corrected chi connectivity index (χ0v) is 102. The van der Waals surface area contributed by atoms with Crippen molar-refractivity contribution in [1.29, 1.82) is 0 Å². The second kappa shape index (κ2) is 77.0. The number of H-pyrrole nitrogens is 1. The number of nitrogens with one attached hydrogen (secondary N) is 1. The van der Waals surface area contributed by atoms with Crippen molar-refractivity contribution >= 4 is 51.1 Å². The summed E-state index contributed by atoms with van der Waals surface area (Å²) in [6.45, 7) is 83.6. The highest BCUT2D eigenvalue weighted by molar-refractivity contribution is 7.12. The van der Waals surface area contributed by atoms with Gasteiger partial charge in [0.05, 0.1) is 21.4 Å². The topological polar surface area (TPSA) is 138 Å². The zero-order chi connectivity index (χ0) is 109. The van der Waals surface area contributed by atoms with Crippen LogP contribution in [0.5, 0.6) is 0 Å². The van der Waals surface area contributed by atoms with E-state index in [1.54, 1.807) is 45.2 Å². The SMILES string of the molecule is CC1=CCC(C)CC1.CC1=CCN(C)CC1.CC1=NOC(C)C1.CC1CCC(C)CC1.CC1CCN(C)C1.CC1CCN(C)CC1.CC1CCN(C)CC1.CN1CCC2(C)CC2C1.CN1CCN(C)CC1.Cc1cc(C)[nH]n1.Cc1ccc(C)cc1.Cc1ccc(C)nc1.Cc1ccc(C)nc1.Cc1ccc(C)o1.Cc1ccc(C)s1.Cc1cccc(C)c1.Cc1cnc(C)s1.Cc1csc(C)c1.Cc1csc(C)n1. The number of piperidine rings is 3. The second-order valence-corrected chi connectivity index (χ2v) is 49.2. The quantitative estimate of drug-likeness (QED) is 0.144. The number of aryl methyl sites for hydroxylation is 20. The summed E-state index contributed by atoms with van der Waals surface area (Å²) in [5, 5.41) is 17.0. The molecule has 16 nitrogen and oxygen atoms in total. The van der Waals surface area contributed by atoms with Gasteiger partial charge in [0.15, 0.2) is 0 Å². The molecule has 20 rings (SSSR count). The van der Waals surface area contributed by atoms with Gasteiger partial charge in [0, 0.05) is 125 Å². The van der Waals surface area contributed by atoms with Crippen LogP contribution in [0.2, 0.25) is 0 Å². The average molecular weight is 2070 g/mol. The van der Waals surface area contributed by atoms with Crippen molar-refractivity contribution in [3.8, 4) is 0 Å². The fourth-order valence-corrected chi connectivity index (χ4v) is 18.9. The molecule has 7 aliphatic heterocycles. The Bertz CT molecular complexity index is 4210. The first-order valence-corrected chi connectivity index (χ1v) is 57.8. The Morgan fingerprint density at radius 1 is 0.359 bits per heavy atom. The highest BCUT2D eigenvalue weighted by Crippen LogP contribution is 2.57. The van der Waals surface area contributed by atoms with Crippen molar-refractivity contribution < 1.29 is 9.25 Å². The Kier molecular flexibility index (Phi) is 70.9. The van der Waals surface area contributed by atoms with E-state index >= 15 is 0 Å². The largest absolute Gasteiger partial charge is 0.467 e. The number of nitrogens with zero attached hydrogens (tertiary/aromatic N) is 13. The molecular formula is C125H208N14O2S4. The van der Waals surface area contributed by atoms with Crippen molar-refractivity contribution in [2.24, 2.45) is 52.0 Å². The minimum atomic E-state index is 0.319. The lowest BCUT2D eigenvalue weighted by molar-refractivity contribution is 0.0995. The van der Waals surface area contributed by atoms with E-state index in [9.17, 15) is 0 Å². The summed E-state index contributed by atoms with van der Waals surface area (Å²) in [4.78, 5) is 43.4. The van der Waals surface area contributed by atoms with Gasteiger partial charge in [0.2, 0.25) is 0 Å². The van der Waals surface area contributed by atoms with E-state index in [-0.39, 0.29) is 0 Å². The van der Waals surface area contributed by atoms with Crippen LogP contribution in [0.25, 0.3) is 0 Å². The number of thiophene rings is 2. The predicted octanol–water partition coefficient (Wildman–Crippen LogP) is 32.1. The summed E-state index contributed by atoms with van der Waals surface area (Å²) < 4.78 is 5.08. The van der Waals surface area contributed by atoms with Crippen LogP contribution >= 0.6 is 45.3 Å². The number of furan rings is 1. The highest BCUT2D eigenvalue weighted by atomic mass is 32.1. The Hall–Kier alpha value is -7.44. The number of hydrogen-bond donors (Lipinski definition) is 1. The average Bonchev–Trinajstić information content (AvgIpc) is 1.60. The maximum absolute atomic E-state index is 5.08. The van der Waals surface area contributed by atoms with E-state index in [1.807, 2.05) is 150 Å². The van der Waals surface area contributed by atoms with Gasteiger partial charge in [-0.2, -0.15) is 5.10 Å². The molecule has 7 fully saturated rings. The Balaban J connectivity index is 0.000000517. The molecule has 2 saturated carbocycles. The lowest BCUT2D eigenvalue weighted by Gasteiger charge is -2.28. The number of aromatic amines is 1. The summed E-state index contributed by atoms with van der Waals surface area (Å²) in [6.07, 6.45) is 32.8. The Morgan fingerprint density at radius 2 is 0.828 bits per heavy atom. The molecule has 0 spiro atoms. The smallest absolute Gasteiger partial charge is 0.130 e. The molecule has 10 aromatic rings. The number of piperazine rings is 1. The molecule has 8 aromatic heterocycles. The molecule has 1 N–H and O–H groups in total. The van der Waals surface area contributed by atoms with E-state index in [0.717, 1.165) is 116 Å². The van der Waals surface area contributed by atoms with Gasteiger partial charge in [-0.05, 0) is 443 Å². The van der Waals surface area contributed by atoms with Crippen LogP contribution < -0.4 is 0 Å². The minimum Gasteiger partial charge on any atom is -0.467 e. The van der Waals surface area contributed by atoms with Crippen LogP contribution in [0.3, 0.4) is 0 Å². The van der Waals surface area contributed by atoms with E-state index in [2.05, 4.69) is 345 Å². The van der Waals surface area contributed by atoms with Crippen LogP contribution in [0.4, 0.5) is 0 Å². The normalized spacial score (nSPS) is 20.4. The van der Waals surface area contributed by atoms with Gasteiger partial charge in [0.1, 0.15) is 17.6 Å². The summed E-state index contributed by atoms with van der Waals surface area (Å²) in [5.74, 6) is 8.91. The number of thiazole rings is 2. The van der Waals surface area contributed by atoms with E-state index in [4.69, 9.17) is 9.25 Å². The number of aromatic nitrogens is 6. The monoisotopic (exact) mass is 2070 g/mol. The molecule has 5 atom stereocenters. The summed E-state index contributed by atoms with van der Waals surface area (Å²) >= 11 is 7.07. The molecule has 0 radical (unpaired) electrons. The Labute approximate surface area is 904 Å². The molecule has 10 aliphatic rings. The lowest BCUT2D eigenvalue weighted by Crippen LogP contribution is -2.42. The zero-order valence-electron chi connectivity index (χ0n) is 99.0. The van der Waals surface area contributed by atoms with Gasteiger partial charge in [0.25, 0.3) is 0 Å². The van der Waals surface area contributed by atoms with Gasteiger partial charge in [-0.25, -0.2) is 9.97 Å². The first kappa shape index (κ1) is 134. The van der Waals surface area contributed by atoms with Gasteiger partial charge in [-0.3, -0.25) is 15.1 Å². The number of rotatable bonds is 0. The van der Waals surface area contributed by atoms with Crippen molar-refractivity contribution in [1.82, 2.24) is 64.4 Å². The second-order valence-electron chi connectivity index (χ2n) is 44.1. The summed E-state index contributed by atoms with van der Waals surface area (Å²) in [6, 6.07) is 37.4. The van der Waals surface area contributed by atoms with Crippen molar-refractivity contribution in [2.45, 2.75) is 323 Å². The standard InChI is InChI=1S/C8H15N.C8H16.C8H14.2C8H10.2C7H15N.C7H13N.2C7H9N.C6H14N2.C6H13N.C6H8O.2C6H8S.C5H8N2.C5H9NO.2C5H7NS/c1-8-3-4-9(2)6-7(8)5-8;3*1-7-3-5-8(2)6-4-7;1-7-4-3-5-8(2)6-7;3*1-7-3-5-8(2)6-4-7;2*1-6-3-4-7(2)8-5-6;1-7-3-5-8(2)6-4-7;1-6-3-4-7(2)5-6;1-5-3-4-6(2)7-5;1-5-3-6(2)7-4-5;1-5-3-4-6(2)7-5;2*1-4-3-5(2)7-6-4;1-4-3-7-5(2)6-4;1-4-3-6-5(2)7-4/h7H,3-6H2,1-2H3;7-8H,3-6H2,1-2H3;3,8H,4-6H2,1-2H3;2*3-6H,1-2H3;2*7H,3-6H2,1-2H3;3H,4-6H2,1-2H3;2*3-5H,1-2H3;3-6H2,1-2H3;6H,3-5H2,1-2H3;3*3-4H,1-2H3;3H,1-2H3,(H,6,7);5H,3H2,1-2H3;2*3H,1-2H3. The van der Waals surface area contributed by atoms with Crippen molar-refractivity contribution in [3.05, 3.63) is 270 Å². The summed E-state index contributed by atoms with van der Waals surface area (Å²) in [7, 11) is 15.3. The van der Waals surface area contributed by atoms with Gasteiger partial charge >= 0.3 is 0 Å². The molecule has 2 aromatic carbocycles. The molecule has 0 bridgehead atoms. The first-order chi connectivity index (χ1) is 68.4. The number of likely N-dealkylation sites (tertiary alicyclic amines) is 4. The third kappa shape index (κ3) is 73.4. The third-order valence-electron chi connectivity index (χ3n) is 26.7. The van der Waals surface area contributed by atoms with E-state index < -0.39 is 0 Å². The van der Waals surface area contributed by atoms with Gasteiger partial charge < -0.3 is 43.6 Å². The Morgan fingerprint density at radius 3 is 1.06 bits per heavy atom. The van der Waals surface area contributed by atoms with Crippen LogP contribution in [0.1, 0.15) is 287 Å². The number of likely N-dealkylation sites (N-methyl/N-ethyl adjacent to an activating group) is 3. The molecule has 20 heteroatoms. The molecular weight excluding hydrogens is 1860 g/mol. The lowest BCUT2D eigenvalue weighted by atomic mass is 9.84. The molecule has 3 aliphatic carbocycles. The number of fused-ring (bicyclic) bond motifs is 1. The van der Waals surface area contributed by atoms with Crippen molar-refractivity contribution in [3.63, 3.8) is 0 Å². The van der Waals surface area contributed by atoms with Crippen molar-refractivity contribution in [2.75, 3.05) is 141 Å². The number of oxime groups is 1. The van der Waals surface area contributed by atoms with Crippen LogP contribution in [-0.4, -0.2) is 217 Å². The fraction of sp³-hybridized carbons (Fsp3) is 0.616. The maximum atomic E-state index is 5.08. The van der Waals surface area contributed by atoms with E-state index in [0.29, 0.717) is 6.10 Å². The maximum Gasteiger partial charge on any atom is 0.130 e. The predicted molar refractivity (Wildman–Crippen MR) is 640 cm³/mol. The van der Waals surface area contributed by atoms with Gasteiger partial charge in [-0.1, -0.05) is 186 Å². The number of benzene rings is 2. The van der Waals surface area contributed by atoms with E-state index in [1.165, 1.54) is 240 Å². The third-order valence-corrected chi connectivity index (χ3v) is 30.4. The molecule has 0 amide bonds. The molecule has 5 saturated heterocycles. The fourth-order valence-electron chi connectivity index (χ4n) is 16.1. The molecule has 145 heavy (non-hydrogen) atoms. The highest BCUT2D eigenvalue weighted by Gasteiger charge is 2.51. The van der Waals surface area contributed by atoms with Crippen LogP contribution in [0, 0.1) is 185 Å². The first-order valence-electron chi connectivity index (χ1n) is 54.4. The molecule has 15 heterocycles. The molecule has 5 unspecified atom stereocenters. The number of allylic oxidation sites excluding steroid dienone is 2.